The van der Waals surface area contributed by atoms with E-state index in [1.807, 2.05) is 0 Å². The van der Waals surface area contributed by atoms with Gasteiger partial charge >= 0.3 is 24.1 Å². The highest BCUT2D eigenvalue weighted by Crippen LogP contribution is 2.24. The summed E-state index contributed by atoms with van der Waals surface area (Å²) in [6, 6.07) is 9.80. The number of carbonyl (C=O) groups is 3. The average molecular weight is 750 g/mol. The molecule has 0 saturated carbocycles. The number of benzene rings is 1. The van der Waals surface area contributed by atoms with Crippen molar-refractivity contribution in [2.24, 2.45) is 12.8 Å². The highest BCUT2D eigenvalue weighted by atomic mass is 19.4. The van der Waals surface area contributed by atoms with E-state index in [4.69, 9.17) is 39.0 Å². The van der Waals surface area contributed by atoms with Crippen LogP contribution in [0.2, 0.25) is 0 Å². The van der Waals surface area contributed by atoms with E-state index in [0.29, 0.717) is 86.6 Å². The smallest absolute Gasteiger partial charge is 0.475 e. The van der Waals surface area contributed by atoms with Crippen LogP contribution in [0.1, 0.15) is 18.4 Å². The van der Waals surface area contributed by atoms with Crippen LogP contribution in [-0.2, 0) is 42.0 Å². The Morgan fingerprint density at radius 1 is 0.906 bits per heavy atom. The molecular weight excluding hydrogens is 711 g/mol. The molecule has 0 atom stereocenters. The van der Waals surface area contributed by atoms with Gasteiger partial charge in [0, 0.05) is 38.6 Å². The summed E-state index contributed by atoms with van der Waals surface area (Å²) < 4.78 is 61.8. The molecule has 0 unspecified atom stereocenters. The van der Waals surface area contributed by atoms with E-state index in [1.165, 1.54) is 10.8 Å². The summed E-state index contributed by atoms with van der Waals surface area (Å²) >= 11 is 0. The molecule has 0 bridgehead atoms. The molecule has 5 aromatic rings. The number of aromatic nitrogens is 6. The second-order valence-electron chi connectivity index (χ2n) is 10.9. The summed E-state index contributed by atoms with van der Waals surface area (Å²) in [5, 5.41) is 22.1. The first-order valence-corrected chi connectivity index (χ1v) is 16.1. The van der Waals surface area contributed by atoms with Gasteiger partial charge in [-0.25, -0.2) is 14.6 Å². The van der Waals surface area contributed by atoms with E-state index >= 15 is 0 Å². The molecule has 53 heavy (non-hydrogen) atoms. The van der Waals surface area contributed by atoms with Crippen molar-refractivity contribution >= 4 is 46.3 Å². The number of ether oxygens (including phenoxy) is 4. The molecule has 21 heteroatoms. The van der Waals surface area contributed by atoms with Crippen molar-refractivity contribution in [2.45, 2.75) is 25.4 Å². The molecule has 0 radical (unpaired) electrons. The topological polar surface area (TPSA) is 232 Å². The van der Waals surface area contributed by atoms with Gasteiger partial charge in [0.25, 0.3) is 0 Å². The van der Waals surface area contributed by atoms with Crippen LogP contribution < -0.4 is 16.4 Å². The molecule has 2 amide bonds. The number of alkyl halides is 3. The zero-order valence-electron chi connectivity index (χ0n) is 28.5. The van der Waals surface area contributed by atoms with Gasteiger partial charge < -0.3 is 39.5 Å². The highest BCUT2D eigenvalue weighted by Gasteiger charge is 2.38. The number of aryl methyl sites for hydroxylation is 1. The van der Waals surface area contributed by atoms with Crippen molar-refractivity contribution in [2.75, 3.05) is 63.4 Å². The van der Waals surface area contributed by atoms with Crippen molar-refractivity contribution in [3.8, 4) is 11.6 Å². The van der Waals surface area contributed by atoms with Gasteiger partial charge in [-0.1, -0.05) is 12.1 Å². The van der Waals surface area contributed by atoms with Crippen molar-refractivity contribution < 1.29 is 56.0 Å². The number of nitrogens with zero attached hydrogens (tertiary/aromatic N) is 6. The van der Waals surface area contributed by atoms with Crippen LogP contribution in [0.15, 0.2) is 53.3 Å². The number of nitrogens with two attached hydrogens (primary N) is 1. The Hall–Kier alpha value is -5.64. The number of esters is 1. The van der Waals surface area contributed by atoms with Gasteiger partial charge in [0.1, 0.15) is 0 Å². The van der Waals surface area contributed by atoms with Crippen LogP contribution in [0.5, 0.6) is 0 Å². The summed E-state index contributed by atoms with van der Waals surface area (Å²) in [5.41, 5.74) is 7.52. The number of hydrogen-bond donors (Lipinski definition) is 4. The molecular formula is C32H38F3N9O9. The van der Waals surface area contributed by atoms with Crippen molar-refractivity contribution in [3.63, 3.8) is 0 Å². The Labute approximate surface area is 299 Å². The summed E-state index contributed by atoms with van der Waals surface area (Å²) in [5.74, 6) is -2.16. The zero-order valence-corrected chi connectivity index (χ0v) is 28.5. The number of urea groups is 1. The molecule has 5 N–H and O–H groups in total. The lowest BCUT2D eigenvalue weighted by Crippen LogP contribution is -2.22. The number of anilines is 2. The van der Waals surface area contributed by atoms with E-state index < -0.39 is 18.2 Å². The molecule has 286 valence electrons. The molecule has 4 heterocycles. The highest BCUT2D eigenvalue weighted by molar-refractivity contribution is 6.00. The van der Waals surface area contributed by atoms with Gasteiger partial charge in [0.05, 0.1) is 51.1 Å². The second-order valence-corrected chi connectivity index (χ2v) is 10.9. The minimum Gasteiger partial charge on any atom is -0.475 e. The van der Waals surface area contributed by atoms with Crippen LogP contribution in [-0.4, -0.2) is 111 Å². The Kier molecular flexibility index (Phi) is 15.0. The number of aliphatic carboxylic acids is 1. The number of carboxylic acid groups (broad SMARTS) is 1. The molecule has 0 aliphatic heterocycles. The number of furan rings is 1. The third-order valence-electron chi connectivity index (χ3n) is 6.77. The standard InChI is InChI=1S/C30H37N9O7.C2HF3O2/c1-38-20-23-26(36-38)34-29(39-28(23)33-27(37-39)24-5-2-13-45-24)35-30(41)32-22-8-6-21(7-9-22)19-25(40)46-14-4-12-43-16-18-44-17-15-42-11-3-10-31;3-2(4,5)1(6)7/h2,5-9,13,20H,3-4,10-12,14-19,31H2,1H3,(H2,32,34,35,36,41);(H,6,7). The van der Waals surface area contributed by atoms with Gasteiger partial charge in [-0.2, -0.15) is 27.8 Å². The first kappa shape index (κ1) is 40.1. The van der Waals surface area contributed by atoms with Gasteiger partial charge in [0.15, 0.2) is 17.1 Å². The van der Waals surface area contributed by atoms with Gasteiger partial charge in [-0.15, -0.1) is 5.10 Å². The van der Waals surface area contributed by atoms with E-state index in [9.17, 15) is 22.8 Å². The summed E-state index contributed by atoms with van der Waals surface area (Å²) in [6.45, 7) is 3.97. The predicted molar refractivity (Wildman–Crippen MR) is 181 cm³/mol. The minimum atomic E-state index is -5.08. The number of hydrogen-bond acceptors (Lipinski definition) is 13. The van der Waals surface area contributed by atoms with Crippen LogP contribution in [0.4, 0.5) is 29.6 Å². The maximum absolute atomic E-state index is 12.9. The van der Waals surface area contributed by atoms with E-state index in [-0.39, 0.29) is 24.9 Å². The fourth-order valence-corrected chi connectivity index (χ4v) is 4.35. The number of carbonyl (C=O) groups excluding carboxylic acids is 2. The third-order valence-corrected chi connectivity index (χ3v) is 6.77. The normalized spacial score (nSPS) is 11.3. The van der Waals surface area contributed by atoms with Crippen LogP contribution in [0, 0.1) is 0 Å². The Morgan fingerprint density at radius 2 is 1.57 bits per heavy atom. The van der Waals surface area contributed by atoms with Crippen LogP contribution >= 0.6 is 0 Å². The fourth-order valence-electron chi connectivity index (χ4n) is 4.35. The zero-order chi connectivity index (χ0) is 38.2. The van der Waals surface area contributed by atoms with Gasteiger partial charge in [-0.05, 0) is 42.8 Å². The predicted octanol–water partition coefficient (Wildman–Crippen LogP) is 3.42. The van der Waals surface area contributed by atoms with E-state index in [2.05, 4.69) is 30.8 Å². The Balaban J connectivity index is 0.000000815. The van der Waals surface area contributed by atoms with Gasteiger partial charge in [0.2, 0.25) is 11.8 Å². The number of halogens is 3. The van der Waals surface area contributed by atoms with E-state index in [0.717, 1.165) is 12.0 Å². The lowest BCUT2D eigenvalue weighted by atomic mass is 10.1. The monoisotopic (exact) mass is 749 g/mol. The number of carboxylic acids is 1. The molecule has 0 aliphatic carbocycles. The summed E-state index contributed by atoms with van der Waals surface area (Å²) in [6.07, 6.45) is -0.254. The fraction of sp³-hybridized carbons (Fsp3) is 0.406. The molecule has 1 aromatic carbocycles. The maximum Gasteiger partial charge on any atom is 0.490 e. The number of fused-ring (bicyclic) bond motifs is 3. The van der Waals surface area contributed by atoms with Crippen molar-refractivity contribution in [1.29, 1.82) is 0 Å². The van der Waals surface area contributed by atoms with E-state index in [1.54, 1.807) is 54.3 Å². The maximum atomic E-state index is 12.9. The minimum absolute atomic E-state index is 0.102. The molecule has 0 fully saturated rings. The molecule has 18 nitrogen and oxygen atoms in total. The van der Waals surface area contributed by atoms with Crippen LogP contribution in [0.3, 0.4) is 0 Å². The number of amides is 2. The molecule has 4 aromatic heterocycles. The Morgan fingerprint density at radius 3 is 2.19 bits per heavy atom. The quantitative estimate of drug-likeness (QED) is 0.0743. The third kappa shape index (κ3) is 12.8. The number of nitrogens with one attached hydrogen (secondary N) is 2. The molecule has 5 rings (SSSR count). The summed E-state index contributed by atoms with van der Waals surface area (Å²) in [4.78, 5) is 43.1. The van der Waals surface area contributed by atoms with Crippen molar-refractivity contribution in [1.82, 2.24) is 29.4 Å². The van der Waals surface area contributed by atoms with Crippen LogP contribution in [0.25, 0.3) is 28.3 Å². The van der Waals surface area contributed by atoms with Gasteiger partial charge in [-0.3, -0.25) is 14.8 Å². The average Bonchev–Trinajstić information content (AvgIpc) is 3.88. The molecule has 0 aliphatic rings. The second kappa shape index (κ2) is 19.8. The lowest BCUT2D eigenvalue weighted by Gasteiger charge is -2.09. The SMILES string of the molecule is Cn1cc2c(nc(NC(=O)Nc3ccc(CC(=O)OCCCOCCOCCOCCCN)cc3)n3nc(-c4ccco4)nc23)n1.O=C(O)C(F)(F)F. The molecule has 0 spiro atoms. The largest absolute Gasteiger partial charge is 0.490 e. The first-order valence-electron chi connectivity index (χ1n) is 16.1. The number of rotatable bonds is 18. The first-order chi connectivity index (χ1) is 25.4. The summed E-state index contributed by atoms with van der Waals surface area (Å²) in [7, 11) is 1.77. The van der Waals surface area contributed by atoms with Crippen molar-refractivity contribution in [3.05, 3.63) is 54.4 Å². The Bertz CT molecular complexity index is 1910. The molecule has 0 saturated heterocycles. The lowest BCUT2D eigenvalue weighted by molar-refractivity contribution is -0.192.